The largest absolute Gasteiger partial charge is 0.481 e. The van der Waals surface area contributed by atoms with Crippen molar-refractivity contribution in [2.75, 3.05) is 40.0 Å². The number of rotatable bonds is 9. The summed E-state index contributed by atoms with van der Waals surface area (Å²) in [5.41, 5.74) is 0.793. The first kappa shape index (κ1) is 36.0. The van der Waals surface area contributed by atoms with Crippen LogP contribution in [-0.4, -0.2) is 72.6 Å². The lowest BCUT2D eigenvalue weighted by Crippen LogP contribution is -2.60. The number of halogens is 2. The van der Waals surface area contributed by atoms with Gasteiger partial charge < -0.3 is 23.1 Å². The van der Waals surface area contributed by atoms with Crippen molar-refractivity contribution in [3.8, 4) is 11.6 Å². The molecule has 0 radical (unpaired) electrons. The Labute approximate surface area is 302 Å². The fourth-order valence-corrected chi connectivity index (χ4v) is 10.9. The van der Waals surface area contributed by atoms with E-state index in [4.69, 9.17) is 39.6 Å². The average Bonchev–Trinajstić information content (AvgIpc) is 3.39. The van der Waals surface area contributed by atoms with Crippen LogP contribution in [0.1, 0.15) is 43.4 Å². The summed E-state index contributed by atoms with van der Waals surface area (Å²) in [6, 6.07) is 21.2. The summed E-state index contributed by atoms with van der Waals surface area (Å²) < 4.78 is 36.3. The van der Waals surface area contributed by atoms with E-state index in [2.05, 4.69) is 129 Å². The van der Waals surface area contributed by atoms with Gasteiger partial charge in [0.25, 0.3) is 0 Å². The third kappa shape index (κ3) is 6.12. The highest BCUT2D eigenvalue weighted by atomic mass is 79.9. The number of hydrogen-bond acceptors (Lipinski definition) is 7. The van der Waals surface area contributed by atoms with Gasteiger partial charge in [0.2, 0.25) is 5.88 Å². The summed E-state index contributed by atoms with van der Waals surface area (Å²) in [5.74, 6) is 0.831. The van der Waals surface area contributed by atoms with Gasteiger partial charge in [0.05, 0.1) is 32.0 Å². The van der Waals surface area contributed by atoms with E-state index in [1.165, 1.54) is 5.56 Å². The first-order valence-corrected chi connectivity index (χ1v) is 24.5. The molecule has 11 heteroatoms. The van der Waals surface area contributed by atoms with Crippen molar-refractivity contribution >= 4 is 44.2 Å². The fourth-order valence-electron chi connectivity index (χ4n) is 7.81. The summed E-state index contributed by atoms with van der Waals surface area (Å²) in [6.45, 7) is 22.2. The highest BCUT2D eigenvalue weighted by Gasteiger charge is 2.79. The Morgan fingerprint density at radius 2 is 1.65 bits per heavy atom. The molecule has 260 valence electrons. The fraction of sp³-hybridized carbons (Fsp3) is 0.541. The molecule has 1 aromatic heterocycles. The molecule has 1 saturated heterocycles. The summed E-state index contributed by atoms with van der Waals surface area (Å²) in [7, 11) is -3.20. The molecule has 1 aliphatic carbocycles. The Kier molecular flexibility index (Phi) is 9.83. The molecule has 0 bridgehead atoms. The molecule has 2 fully saturated rings. The first-order valence-electron chi connectivity index (χ1n) is 17.0. The van der Waals surface area contributed by atoms with Crippen molar-refractivity contribution in [3.63, 3.8) is 0 Å². The maximum atomic E-state index is 7.86. The molecule has 0 N–H and O–H groups in total. The predicted octanol–water partition coefficient (Wildman–Crippen LogP) is 8.98. The number of aromatic nitrogens is 1. The van der Waals surface area contributed by atoms with Crippen LogP contribution >= 0.6 is 27.5 Å². The van der Waals surface area contributed by atoms with E-state index >= 15 is 0 Å². The number of hydrogen-bond donors (Lipinski definition) is 0. The molecule has 3 aromatic rings. The van der Waals surface area contributed by atoms with Gasteiger partial charge in [0, 0.05) is 42.0 Å². The highest BCUT2D eigenvalue weighted by molar-refractivity contribution is 9.10. The second kappa shape index (κ2) is 13.1. The Hall–Kier alpha value is -1.77. The molecular formula is C37H50BrClN2O5Si2. The van der Waals surface area contributed by atoms with Gasteiger partial charge in [-0.25, -0.2) is 4.98 Å². The minimum absolute atomic E-state index is 0.0341. The Bertz CT molecular complexity index is 1610. The molecule has 3 aliphatic rings. The van der Waals surface area contributed by atoms with Gasteiger partial charge in [-0.05, 0) is 61.0 Å². The zero-order valence-electron chi connectivity index (χ0n) is 29.7. The standard InChI is InChI=1S/C37H50BrClN2O5Si2/c1-35(2,3)48(8,9)45-33-28(24-41-19-21-43-22-20-41)31(25-13-11-10-12-14-25)36(26-15-17-27(38)18-16-26)37(33,46-47(5,6)7)32-29(44-36)23-30(39)40-34(32)42-4/h10-18,23,28,31,33H,19-22,24H2,1-9H3/t28-,31-,33-,36+,37+/m1/s1. The van der Waals surface area contributed by atoms with Crippen LogP contribution in [0.5, 0.6) is 11.6 Å². The molecule has 6 rings (SSSR count). The van der Waals surface area contributed by atoms with Gasteiger partial charge in [0.15, 0.2) is 27.8 Å². The van der Waals surface area contributed by atoms with E-state index < -0.39 is 33.9 Å². The van der Waals surface area contributed by atoms with Crippen molar-refractivity contribution in [1.29, 1.82) is 0 Å². The van der Waals surface area contributed by atoms with Crippen molar-refractivity contribution in [1.82, 2.24) is 9.88 Å². The minimum Gasteiger partial charge on any atom is -0.481 e. The maximum Gasteiger partial charge on any atom is 0.224 e. The summed E-state index contributed by atoms with van der Waals surface area (Å²) in [4.78, 5) is 7.31. The van der Waals surface area contributed by atoms with Crippen LogP contribution in [0.4, 0.5) is 0 Å². The van der Waals surface area contributed by atoms with Gasteiger partial charge in [-0.3, -0.25) is 4.90 Å². The Balaban J connectivity index is 1.77. The number of benzene rings is 2. The third-order valence-electron chi connectivity index (χ3n) is 10.7. The van der Waals surface area contributed by atoms with Crippen molar-refractivity contribution in [3.05, 3.63) is 87.0 Å². The molecular weight excluding hydrogens is 724 g/mol. The SMILES string of the molecule is COc1nc(Cl)cc2c1[C@]1(O[Si](C)(C)C)[C@H](O[Si](C)(C)C(C)(C)C)[C@H](CN3CCOCC3)[C@@H](c3ccccc3)[C@]1(c1ccc(Br)cc1)O2. The summed E-state index contributed by atoms with van der Waals surface area (Å²) in [5, 5.41) is 0.245. The lowest BCUT2D eigenvalue weighted by atomic mass is 9.71. The molecule has 1 saturated carbocycles. The first-order chi connectivity index (χ1) is 22.5. The molecule has 0 spiro atoms. The number of morpholine rings is 1. The normalized spacial score (nSPS) is 27.8. The second-order valence-corrected chi connectivity index (χ2v) is 26.4. The van der Waals surface area contributed by atoms with E-state index in [9.17, 15) is 0 Å². The van der Waals surface area contributed by atoms with Crippen molar-refractivity contribution in [2.24, 2.45) is 5.92 Å². The van der Waals surface area contributed by atoms with Gasteiger partial charge in [-0.15, -0.1) is 0 Å². The van der Waals surface area contributed by atoms with Crippen molar-refractivity contribution in [2.45, 2.75) is 81.8 Å². The average molecular weight is 774 g/mol. The van der Waals surface area contributed by atoms with E-state index in [0.29, 0.717) is 30.0 Å². The molecule has 3 heterocycles. The quantitative estimate of drug-likeness (QED) is 0.159. The Morgan fingerprint density at radius 1 is 1.00 bits per heavy atom. The second-order valence-electron chi connectivity index (χ2n) is 15.9. The zero-order valence-corrected chi connectivity index (χ0v) is 34.1. The number of methoxy groups -OCH3 is 1. The number of nitrogens with zero attached hydrogens (tertiary/aromatic N) is 2. The van der Waals surface area contributed by atoms with E-state index in [0.717, 1.165) is 35.2 Å². The predicted molar refractivity (Wildman–Crippen MR) is 200 cm³/mol. The van der Waals surface area contributed by atoms with Gasteiger partial charge >= 0.3 is 0 Å². The number of ether oxygens (including phenoxy) is 3. The van der Waals surface area contributed by atoms with E-state index in [1.807, 2.05) is 6.07 Å². The van der Waals surface area contributed by atoms with Gasteiger partial charge in [-0.1, -0.05) is 90.8 Å². The molecule has 0 amide bonds. The number of fused-ring (bicyclic) bond motifs is 3. The topological polar surface area (TPSA) is 62.3 Å². The Morgan fingerprint density at radius 3 is 2.23 bits per heavy atom. The van der Waals surface area contributed by atoms with Gasteiger partial charge in [-0.2, -0.15) is 0 Å². The highest BCUT2D eigenvalue weighted by Crippen LogP contribution is 2.73. The van der Waals surface area contributed by atoms with Crippen LogP contribution < -0.4 is 9.47 Å². The maximum absolute atomic E-state index is 7.86. The van der Waals surface area contributed by atoms with Crippen LogP contribution in [0.3, 0.4) is 0 Å². The zero-order chi connectivity index (χ0) is 34.7. The molecule has 5 atom stereocenters. The molecule has 7 nitrogen and oxygen atoms in total. The van der Waals surface area contributed by atoms with Gasteiger partial charge in [0.1, 0.15) is 10.9 Å². The lowest BCUT2D eigenvalue weighted by Gasteiger charge is -2.50. The van der Waals surface area contributed by atoms with Crippen LogP contribution in [0.15, 0.2) is 65.1 Å². The van der Waals surface area contributed by atoms with E-state index in [1.54, 1.807) is 7.11 Å². The van der Waals surface area contributed by atoms with Crippen molar-refractivity contribution < 1.29 is 23.1 Å². The van der Waals surface area contributed by atoms with Crippen LogP contribution in [-0.2, 0) is 24.8 Å². The van der Waals surface area contributed by atoms with Crippen LogP contribution in [0.2, 0.25) is 42.9 Å². The molecule has 0 unspecified atom stereocenters. The molecule has 48 heavy (non-hydrogen) atoms. The van der Waals surface area contributed by atoms with E-state index in [-0.39, 0.29) is 16.9 Å². The molecule has 2 aliphatic heterocycles. The molecule has 2 aromatic carbocycles. The smallest absolute Gasteiger partial charge is 0.224 e. The third-order valence-corrected chi connectivity index (χ3v) is 16.8. The minimum atomic E-state index is -2.45. The monoisotopic (exact) mass is 772 g/mol. The number of pyridine rings is 1. The van der Waals surface area contributed by atoms with Crippen LogP contribution in [0, 0.1) is 5.92 Å². The van der Waals surface area contributed by atoms with Crippen LogP contribution in [0.25, 0.3) is 0 Å². The lowest BCUT2D eigenvalue weighted by molar-refractivity contribution is -0.136. The summed E-state index contributed by atoms with van der Waals surface area (Å²) >= 11 is 10.4. The summed E-state index contributed by atoms with van der Waals surface area (Å²) in [6.07, 6.45) is -0.417.